The summed E-state index contributed by atoms with van der Waals surface area (Å²) in [4.78, 5) is 13.9. The molecule has 1 rings (SSSR count). The minimum absolute atomic E-state index is 0.00510. The number of hydrogen-bond acceptors (Lipinski definition) is 4. The normalized spacial score (nSPS) is 29.6. The van der Waals surface area contributed by atoms with Crippen LogP contribution in [-0.4, -0.2) is 46.7 Å². The lowest BCUT2D eigenvalue weighted by Crippen LogP contribution is -2.57. The summed E-state index contributed by atoms with van der Waals surface area (Å²) < 4.78 is 0. The number of amidine groups is 1. The fourth-order valence-electron chi connectivity index (χ4n) is 2.57. The number of aliphatic hydroxyl groups excluding tert-OH is 1. The highest BCUT2D eigenvalue weighted by Gasteiger charge is 2.53. The van der Waals surface area contributed by atoms with Crippen molar-refractivity contribution in [2.24, 2.45) is 22.2 Å². The zero-order chi connectivity index (χ0) is 13.9. The van der Waals surface area contributed by atoms with E-state index >= 15 is 0 Å². The molecule has 0 aliphatic heterocycles. The maximum atomic E-state index is 12.4. The van der Waals surface area contributed by atoms with Gasteiger partial charge in [-0.2, -0.15) is 0 Å². The quantitative estimate of drug-likeness (QED) is 0.287. The van der Waals surface area contributed by atoms with Crippen LogP contribution in [0.2, 0.25) is 0 Å². The van der Waals surface area contributed by atoms with Crippen molar-refractivity contribution < 1.29 is 15.1 Å². The van der Waals surface area contributed by atoms with E-state index in [4.69, 9.17) is 10.9 Å². The topological polar surface area (TPSA) is 99.2 Å². The smallest absolute Gasteiger partial charge is 0.236 e. The SMILES string of the molecule is CC(O)CCN(C)C(=O)C1(C(N)=NO)CC(C)C1. The first-order valence-electron chi connectivity index (χ1n) is 6.25. The fraction of sp³-hybridized carbons (Fsp3) is 0.833. The summed E-state index contributed by atoms with van der Waals surface area (Å²) in [7, 11) is 1.68. The van der Waals surface area contributed by atoms with E-state index in [1.54, 1.807) is 18.9 Å². The van der Waals surface area contributed by atoms with Crippen molar-refractivity contribution in [2.45, 2.75) is 39.2 Å². The lowest BCUT2D eigenvalue weighted by molar-refractivity contribution is -0.143. The fourth-order valence-corrected chi connectivity index (χ4v) is 2.57. The van der Waals surface area contributed by atoms with Crippen molar-refractivity contribution in [3.8, 4) is 0 Å². The highest BCUT2D eigenvalue weighted by molar-refractivity contribution is 6.07. The molecule has 1 unspecified atom stereocenters. The zero-order valence-electron chi connectivity index (χ0n) is 11.3. The molecule has 0 aromatic heterocycles. The Kier molecular flexibility index (Phi) is 4.56. The summed E-state index contributed by atoms with van der Waals surface area (Å²) in [6.45, 7) is 4.18. The Labute approximate surface area is 107 Å². The van der Waals surface area contributed by atoms with Gasteiger partial charge in [-0.3, -0.25) is 4.79 Å². The van der Waals surface area contributed by atoms with Gasteiger partial charge in [-0.05, 0) is 32.1 Å². The minimum atomic E-state index is -0.846. The molecule has 1 fully saturated rings. The third kappa shape index (κ3) is 2.75. The van der Waals surface area contributed by atoms with Crippen LogP contribution < -0.4 is 5.73 Å². The Morgan fingerprint density at radius 3 is 2.56 bits per heavy atom. The number of hydrogen-bond donors (Lipinski definition) is 3. The Morgan fingerprint density at radius 1 is 1.61 bits per heavy atom. The van der Waals surface area contributed by atoms with Crippen LogP contribution >= 0.6 is 0 Å². The van der Waals surface area contributed by atoms with E-state index in [0.717, 1.165) is 0 Å². The molecule has 1 saturated carbocycles. The van der Waals surface area contributed by atoms with Gasteiger partial charge < -0.3 is 20.9 Å². The van der Waals surface area contributed by atoms with Crippen LogP contribution in [0, 0.1) is 11.3 Å². The van der Waals surface area contributed by atoms with Crippen molar-refractivity contribution in [3.05, 3.63) is 0 Å². The number of aliphatic hydroxyl groups is 1. The van der Waals surface area contributed by atoms with Gasteiger partial charge in [0.1, 0.15) is 5.41 Å². The number of nitrogens with zero attached hydrogens (tertiary/aromatic N) is 2. The van der Waals surface area contributed by atoms with Crippen LogP contribution in [0.25, 0.3) is 0 Å². The molecule has 0 saturated heterocycles. The van der Waals surface area contributed by atoms with E-state index in [2.05, 4.69) is 5.16 Å². The van der Waals surface area contributed by atoms with Gasteiger partial charge in [0.2, 0.25) is 5.91 Å². The number of rotatable bonds is 5. The van der Waals surface area contributed by atoms with Crippen LogP contribution in [-0.2, 0) is 4.79 Å². The third-order valence-corrected chi connectivity index (χ3v) is 3.63. The van der Waals surface area contributed by atoms with Crippen LogP contribution in [0.15, 0.2) is 5.16 Å². The molecular weight excluding hydrogens is 234 g/mol. The molecule has 0 radical (unpaired) electrons. The summed E-state index contributed by atoms with van der Waals surface area (Å²) >= 11 is 0. The van der Waals surface area contributed by atoms with Crippen molar-refractivity contribution >= 4 is 11.7 Å². The summed E-state index contributed by atoms with van der Waals surface area (Å²) in [5, 5.41) is 21.1. The Hall–Kier alpha value is -1.30. The summed E-state index contributed by atoms with van der Waals surface area (Å²) in [5.41, 5.74) is 4.83. The molecule has 6 nitrogen and oxygen atoms in total. The Balaban J connectivity index is 2.73. The van der Waals surface area contributed by atoms with Gasteiger partial charge in [-0.1, -0.05) is 12.1 Å². The maximum Gasteiger partial charge on any atom is 0.236 e. The van der Waals surface area contributed by atoms with Crippen molar-refractivity contribution in [3.63, 3.8) is 0 Å². The van der Waals surface area contributed by atoms with Crippen LogP contribution in [0.3, 0.4) is 0 Å². The maximum absolute atomic E-state index is 12.4. The second-order valence-corrected chi connectivity index (χ2v) is 5.45. The highest BCUT2D eigenvalue weighted by atomic mass is 16.4. The van der Waals surface area contributed by atoms with Crippen LogP contribution in [0.5, 0.6) is 0 Å². The van der Waals surface area contributed by atoms with Crippen molar-refractivity contribution in [1.29, 1.82) is 0 Å². The summed E-state index contributed by atoms with van der Waals surface area (Å²) in [5.74, 6) is 0.269. The van der Waals surface area contributed by atoms with E-state index < -0.39 is 11.5 Å². The first-order valence-corrected chi connectivity index (χ1v) is 6.25. The van der Waals surface area contributed by atoms with Gasteiger partial charge in [0.05, 0.1) is 6.10 Å². The largest absolute Gasteiger partial charge is 0.409 e. The molecule has 0 bridgehead atoms. The van der Waals surface area contributed by atoms with Crippen LogP contribution in [0.1, 0.15) is 33.1 Å². The molecule has 6 heteroatoms. The first kappa shape index (κ1) is 14.8. The number of nitrogens with two attached hydrogens (primary N) is 1. The predicted octanol–water partition coefficient (Wildman–Crippen LogP) is 0.378. The molecule has 1 aliphatic carbocycles. The molecule has 0 aromatic rings. The van der Waals surface area contributed by atoms with E-state index in [-0.39, 0.29) is 11.7 Å². The number of carbonyl (C=O) groups is 1. The molecule has 0 aromatic carbocycles. The number of amides is 1. The van der Waals surface area contributed by atoms with Crippen LogP contribution in [0.4, 0.5) is 0 Å². The highest BCUT2D eigenvalue weighted by Crippen LogP contribution is 2.46. The molecule has 1 aliphatic rings. The lowest BCUT2D eigenvalue weighted by atomic mass is 9.61. The average Bonchev–Trinajstić information content (AvgIpc) is 2.29. The van der Waals surface area contributed by atoms with Gasteiger partial charge in [-0.25, -0.2) is 0 Å². The van der Waals surface area contributed by atoms with E-state index in [1.165, 1.54) is 0 Å². The zero-order valence-corrected chi connectivity index (χ0v) is 11.3. The second kappa shape index (κ2) is 5.56. The molecule has 18 heavy (non-hydrogen) atoms. The van der Waals surface area contributed by atoms with E-state index in [9.17, 15) is 9.90 Å². The molecule has 1 atom stereocenters. The van der Waals surface area contributed by atoms with Gasteiger partial charge >= 0.3 is 0 Å². The van der Waals surface area contributed by atoms with Gasteiger partial charge in [0, 0.05) is 13.6 Å². The number of oxime groups is 1. The standard InChI is InChI=1S/C12H23N3O3/c1-8-6-12(7-8,10(13)14-18)11(17)15(3)5-4-9(2)16/h8-9,16,18H,4-7H2,1-3H3,(H2,13,14). The Bertz CT molecular complexity index is 335. The monoisotopic (exact) mass is 257 g/mol. The van der Waals surface area contributed by atoms with Gasteiger partial charge in [0.15, 0.2) is 5.84 Å². The third-order valence-electron chi connectivity index (χ3n) is 3.63. The molecule has 104 valence electrons. The van der Waals surface area contributed by atoms with Gasteiger partial charge in [0.25, 0.3) is 0 Å². The molecule has 0 spiro atoms. The van der Waals surface area contributed by atoms with Crippen molar-refractivity contribution in [2.75, 3.05) is 13.6 Å². The minimum Gasteiger partial charge on any atom is -0.409 e. The summed E-state index contributed by atoms with van der Waals surface area (Å²) in [6.07, 6.45) is 1.30. The van der Waals surface area contributed by atoms with Crippen molar-refractivity contribution in [1.82, 2.24) is 4.90 Å². The molecule has 0 heterocycles. The number of carbonyl (C=O) groups excluding carboxylic acids is 1. The first-order chi connectivity index (χ1) is 8.33. The average molecular weight is 257 g/mol. The molecule has 1 amide bonds. The summed E-state index contributed by atoms with van der Waals surface area (Å²) in [6, 6.07) is 0. The second-order valence-electron chi connectivity index (χ2n) is 5.45. The Morgan fingerprint density at radius 2 is 2.17 bits per heavy atom. The lowest BCUT2D eigenvalue weighted by Gasteiger charge is -2.45. The predicted molar refractivity (Wildman–Crippen MR) is 68.2 cm³/mol. The molecular formula is C12H23N3O3. The van der Waals surface area contributed by atoms with Gasteiger partial charge in [-0.15, -0.1) is 0 Å². The van der Waals surface area contributed by atoms with E-state index in [1.807, 2.05) is 6.92 Å². The molecule has 4 N–H and O–H groups in total. The van der Waals surface area contributed by atoms with E-state index in [0.29, 0.717) is 31.7 Å².